The number of nitrogen functional groups attached to an aromatic ring is 1. The average molecular weight is 314 g/mol. The molecule has 20 heavy (non-hydrogen) atoms. The van der Waals surface area contributed by atoms with Crippen molar-refractivity contribution in [3.05, 3.63) is 44.9 Å². The van der Waals surface area contributed by atoms with Gasteiger partial charge < -0.3 is 5.73 Å². The maximum Gasteiger partial charge on any atom is 0.312 e. The molecule has 10 heteroatoms. The number of aromatic nitrogens is 1. The topological polar surface area (TPSA) is 128 Å². The summed E-state index contributed by atoms with van der Waals surface area (Å²) in [5.74, 6) is 0. The number of hydrogen-bond acceptors (Lipinski definition) is 7. The SMILES string of the molecule is Nc1cccc(S(=O)(=O)NCc2nccs2)c1[N+](=O)[O-]. The molecule has 0 unspecified atom stereocenters. The van der Waals surface area contributed by atoms with Gasteiger partial charge in [-0.25, -0.2) is 18.1 Å². The Bertz CT molecular complexity index is 728. The number of para-hydroxylation sites is 1. The van der Waals surface area contributed by atoms with Crippen LogP contribution >= 0.6 is 11.3 Å². The van der Waals surface area contributed by atoms with Crippen molar-refractivity contribution in [1.82, 2.24) is 9.71 Å². The van der Waals surface area contributed by atoms with E-state index in [1.54, 1.807) is 5.38 Å². The van der Waals surface area contributed by atoms with Crippen molar-refractivity contribution in [1.29, 1.82) is 0 Å². The van der Waals surface area contributed by atoms with Crippen LogP contribution in [0, 0.1) is 10.1 Å². The van der Waals surface area contributed by atoms with Crippen molar-refractivity contribution in [2.45, 2.75) is 11.4 Å². The molecule has 1 aromatic carbocycles. The molecule has 1 aromatic heterocycles. The minimum absolute atomic E-state index is 0.0358. The molecule has 8 nitrogen and oxygen atoms in total. The first-order valence-electron chi connectivity index (χ1n) is 5.33. The smallest absolute Gasteiger partial charge is 0.312 e. The number of thiazole rings is 1. The van der Waals surface area contributed by atoms with E-state index < -0.39 is 25.5 Å². The highest BCUT2D eigenvalue weighted by atomic mass is 32.2. The van der Waals surface area contributed by atoms with E-state index in [9.17, 15) is 18.5 Å². The lowest BCUT2D eigenvalue weighted by Gasteiger charge is -2.07. The minimum Gasteiger partial charge on any atom is -0.393 e. The maximum atomic E-state index is 12.1. The molecule has 0 amide bonds. The molecule has 0 atom stereocenters. The van der Waals surface area contributed by atoms with E-state index in [4.69, 9.17) is 5.73 Å². The van der Waals surface area contributed by atoms with Crippen molar-refractivity contribution in [2.24, 2.45) is 0 Å². The summed E-state index contributed by atoms with van der Waals surface area (Å²) < 4.78 is 26.5. The van der Waals surface area contributed by atoms with E-state index in [-0.39, 0.29) is 12.2 Å². The number of benzene rings is 1. The van der Waals surface area contributed by atoms with Crippen LogP contribution in [0.15, 0.2) is 34.7 Å². The molecule has 3 N–H and O–H groups in total. The van der Waals surface area contributed by atoms with Gasteiger partial charge in [0.1, 0.15) is 10.7 Å². The van der Waals surface area contributed by atoms with Gasteiger partial charge in [-0.2, -0.15) is 0 Å². The lowest BCUT2D eigenvalue weighted by atomic mass is 10.3. The second-order valence-electron chi connectivity index (χ2n) is 3.70. The summed E-state index contributed by atoms with van der Waals surface area (Å²) >= 11 is 1.28. The first-order valence-corrected chi connectivity index (χ1v) is 7.69. The number of nitro benzene ring substituents is 1. The van der Waals surface area contributed by atoms with Gasteiger partial charge in [0.2, 0.25) is 10.0 Å². The number of anilines is 1. The van der Waals surface area contributed by atoms with Crippen LogP contribution in [0.5, 0.6) is 0 Å². The lowest BCUT2D eigenvalue weighted by molar-refractivity contribution is -0.386. The molecule has 0 aliphatic rings. The third-order valence-electron chi connectivity index (χ3n) is 2.40. The Morgan fingerprint density at radius 1 is 1.45 bits per heavy atom. The first-order chi connectivity index (χ1) is 9.42. The fraction of sp³-hybridized carbons (Fsp3) is 0.100. The molecule has 0 aliphatic carbocycles. The summed E-state index contributed by atoms with van der Waals surface area (Å²) in [6.07, 6.45) is 1.54. The Morgan fingerprint density at radius 2 is 2.20 bits per heavy atom. The summed E-state index contributed by atoms with van der Waals surface area (Å²) in [5.41, 5.74) is 4.64. The number of sulfonamides is 1. The van der Waals surface area contributed by atoms with Gasteiger partial charge in [0.15, 0.2) is 4.90 Å². The molecule has 1 heterocycles. The van der Waals surface area contributed by atoms with E-state index in [0.717, 1.165) is 6.07 Å². The zero-order chi connectivity index (χ0) is 14.8. The molecule has 2 aromatic rings. The van der Waals surface area contributed by atoms with Crippen LogP contribution < -0.4 is 10.5 Å². The largest absolute Gasteiger partial charge is 0.393 e. The van der Waals surface area contributed by atoms with Crippen LogP contribution in [-0.4, -0.2) is 18.3 Å². The zero-order valence-corrected chi connectivity index (χ0v) is 11.6. The van der Waals surface area contributed by atoms with Crippen molar-refractivity contribution in [2.75, 3.05) is 5.73 Å². The fourth-order valence-corrected chi connectivity index (χ4v) is 3.36. The molecular weight excluding hydrogens is 304 g/mol. The van der Waals surface area contributed by atoms with Gasteiger partial charge in [-0.3, -0.25) is 10.1 Å². The molecule has 0 fully saturated rings. The van der Waals surface area contributed by atoms with Crippen LogP contribution in [-0.2, 0) is 16.6 Å². The highest BCUT2D eigenvalue weighted by molar-refractivity contribution is 7.89. The van der Waals surface area contributed by atoms with Gasteiger partial charge in [-0.1, -0.05) is 6.07 Å². The van der Waals surface area contributed by atoms with E-state index in [1.165, 1.54) is 29.7 Å². The molecule has 0 aliphatic heterocycles. The normalized spacial score (nSPS) is 11.4. The number of nitro groups is 1. The summed E-state index contributed by atoms with van der Waals surface area (Å²) in [5, 5.41) is 13.2. The van der Waals surface area contributed by atoms with Crippen LogP contribution in [0.1, 0.15) is 5.01 Å². The molecular formula is C10H10N4O4S2. The molecule has 106 valence electrons. The molecule has 2 rings (SSSR count). The standard InChI is InChI=1S/C10H10N4O4S2/c11-7-2-1-3-8(10(7)14(15)16)20(17,18)13-6-9-12-4-5-19-9/h1-5,13H,6,11H2. The number of nitrogens with two attached hydrogens (primary N) is 1. The minimum atomic E-state index is -4.04. The zero-order valence-electron chi connectivity index (χ0n) is 10.0. The number of hydrogen-bond donors (Lipinski definition) is 2. The Labute approximate surface area is 118 Å². The van der Waals surface area contributed by atoms with Gasteiger partial charge in [-0.15, -0.1) is 11.3 Å². The number of nitrogens with zero attached hydrogens (tertiary/aromatic N) is 2. The fourth-order valence-electron chi connectivity index (χ4n) is 1.53. The Hall–Kier alpha value is -2.04. The second-order valence-corrected chi connectivity index (χ2v) is 6.42. The maximum absolute atomic E-state index is 12.1. The second kappa shape index (κ2) is 5.53. The molecule has 0 saturated carbocycles. The molecule has 0 bridgehead atoms. The Balaban J connectivity index is 2.34. The monoisotopic (exact) mass is 314 g/mol. The summed E-state index contributed by atoms with van der Waals surface area (Å²) in [6, 6.07) is 3.76. The van der Waals surface area contributed by atoms with Gasteiger partial charge in [0.25, 0.3) is 0 Å². The summed E-state index contributed by atoms with van der Waals surface area (Å²) in [4.78, 5) is 13.6. The quantitative estimate of drug-likeness (QED) is 0.483. The Morgan fingerprint density at radius 3 is 2.80 bits per heavy atom. The van der Waals surface area contributed by atoms with E-state index >= 15 is 0 Å². The van der Waals surface area contributed by atoms with E-state index in [0.29, 0.717) is 5.01 Å². The number of nitrogens with one attached hydrogen (secondary N) is 1. The van der Waals surface area contributed by atoms with Crippen LogP contribution in [0.4, 0.5) is 11.4 Å². The summed E-state index contributed by atoms with van der Waals surface area (Å²) in [7, 11) is -4.04. The predicted molar refractivity (Wildman–Crippen MR) is 73.6 cm³/mol. The van der Waals surface area contributed by atoms with Gasteiger partial charge in [-0.05, 0) is 12.1 Å². The average Bonchev–Trinajstić information content (AvgIpc) is 2.89. The van der Waals surface area contributed by atoms with Crippen molar-refractivity contribution in [3.63, 3.8) is 0 Å². The Kier molecular flexibility index (Phi) is 3.97. The highest BCUT2D eigenvalue weighted by Crippen LogP contribution is 2.29. The van der Waals surface area contributed by atoms with Crippen LogP contribution in [0.25, 0.3) is 0 Å². The third-order valence-corrected chi connectivity index (χ3v) is 4.61. The molecule has 0 saturated heterocycles. The molecule has 0 spiro atoms. The van der Waals surface area contributed by atoms with Gasteiger partial charge >= 0.3 is 5.69 Å². The summed E-state index contributed by atoms with van der Waals surface area (Å²) in [6.45, 7) is -0.0358. The van der Waals surface area contributed by atoms with Crippen molar-refractivity contribution < 1.29 is 13.3 Å². The first kappa shape index (κ1) is 14.4. The van der Waals surface area contributed by atoms with Gasteiger partial charge in [0, 0.05) is 11.6 Å². The van der Waals surface area contributed by atoms with Crippen LogP contribution in [0.3, 0.4) is 0 Å². The highest BCUT2D eigenvalue weighted by Gasteiger charge is 2.27. The molecule has 0 radical (unpaired) electrons. The van der Waals surface area contributed by atoms with E-state index in [2.05, 4.69) is 9.71 Å². The third kappa shape index (κ3) is 2.92. The predicted octanol–water partition coefficient (Wildman–Crippen LogP) is 1.11. The number of rotatable bonds is 5. The van der Waals surface area contributed by atoms with Crippen LogP contribution in [0.2, 0.25) is 0 Å². The van der Waals surface area contributed by atoms with Gasteiger partial charge in [0.05, 0.1) is 11.5 Å². The van der Waals surface area contributed by atoms with Crippen molar-refractivity contribution >= 4 is 32.7 Å². The van der Waals surface area contributed by atoms with E-state index in [1.807, 2.05) is 0 Å². The lowest BCUT2D eigenvalue weighted by Crippen LogP contribution is -2.24. The van der Waals surface area contributed by atoms with Crippen molar-refractivity contribution in [3.8, 4) is 0 Å².